The van der Waals surface area contributed by atoms with E-state index < -0.39 is 18.1 Å². The molecule has 0 aliphatic heterocycles. The molecule has 6 nitrogen and oxygen atoms in total. The molecule has 1 saturated carbocycles. The van der Waals surface area contributed by atoms with Gasteiger partial charge in [0.05, 0.1) is 13.0 Å². The molecule has 2 atom stereocenters. The third-order valence-electron chi connectivity index (χ3n) is 4.88. The molecular formula is C19H22F3N3O3. The molecule has 2 aromatic rings. The SMILES string of the molecule is COc1ccc(-c2noc(CCC(=O)NC3CCCC(C(F)(F)F)C3)n2)cc1. The highest BCUT2D eigenvalue weighted by Crippen LogP contribution is 2.37. The number of ether oxygens (including phenoxy) is 1. The van der Waals surface area contributed by atoms with Gasteiger partial charge in [0.2, 0.25) is 17.6 Å². The molecule has 1 aromatic carbocycles. The summed E-state index contributed by atoms with van der Waals surface area (Å²) >= 11 is 0. The second kappa shape index (κ2) is 8.62. The number of carbonyl (C=O) groups is 1. The monoisotopic (exact) mass is 397 g/mol. The quantitative estimate of drug-likeness (QED) is 0.800. The van der Waals surface area contributed by atoms with Gasteiger partial charge >= 0.3 is 6.18 Å². The van der Waals surface area contributed by atoms with Gasteiger partial charge in [0, 0.05) is 24.4 Å². The Bertz CT molecular complexity index is 790. The number of hydrogen-bond donors (Lipinski definition) is 1. The summed E-state index contributed by atoms with van der Waals surface area (Å²) in [6.45, 7) is 0. The van der Waals surface area contributed by atoms with Crippen LogP contribution in [-0.2, 0) is 11.2 Å². The van der Waals surface area contributed by atoms with E-state index in [0.717, 1.165) is 5.56 Å². The average Bonchev–Trinajstić information content (AvgIpc) is 3.15. The Balaban J connectivity index is 1.49. The van der Waals surface area contributed by atoms with Crippen molar-refractivity contribution in [3.8, 4) is 17.1 Å². The summed E-state index contributed by atoms with van der Waals surface area (Å²) in [5.74, 6) is -0.234. The number of carbonyl (C=O) groups excluding carboxylic acids is 1. The summed E-state index contributed by atoms with van der Waals surface area (Å²) in [5.41, 5.74) is 0.751. The molecule has 1 heterocycles. The summed E-state index contributed by atoms with van der Waals surface area (Å²) in [6, 6.07) is 6.69. The molecular weight excluding hydrogens is 375 g/mol. The first kappa shape index (κ1) is 20.2. The minimum atomic E-state index is -4.20. The van der Waals surface area contributed by atoms with Gasteiger partial charge in [0.15, 0.2) is 0 Å². The summed E-state index contributed by atoms with van der Waals surface area (Å²) in [4.78, 5) is 16.3. The molecule has 0 spiro atoms. The Morgan fingerprint density at radius 2 is 2.04 bits per heavy atom. The molecule has 0 saturated heterocycles. The van der Waals surface area contributed by atoms with Crippen molar-refractivity contribution in [2.45, 2.75) is 50.7 Å². The molecule has 2 unspecified atom stereocenters. The summed E-state index contributed by atoms with van der Waals surface area (Å²) in [5, 5.41) is 6.59. The number of benzene rings is 1. The Morgan fingerprint density at radius 1 is 1.29 bits per heavy atom. The predicted molar refractivity (Wildman–Crippen MR) is 94.6 cm³/mol. The molecule has 1 aromatic heterocycles. The fourth-order valence-corrected chi connectivity index (χ4v) is 3.35. The topological polar surface area (TPSA) is 77.2 Å². The van der Waals surface area contributed by atoms with Crippen molar-refractivity contribution in [3.63, 3.8) is 0 Å². The number of halogens is 3. The highest BCUT2D eigenvalue weighted by atomic mass is 19.4. The van der Waals surface area contributed by atoms with Crippen LogP contribution in [0, 0.1) is 5.92 Å². The largest absolute Gasteiger partial charge is 0.497 e. The number of aromatic nitrogens is 2. The van der Waals surface area contributed by atoms with E-state index in [0.29, 0.717) is 30.3 Å². The number of nitrogens with one attached hydrogen (secondary N) is 1. The van der Waals surface area contributed by atoms with Crippen LogP contribution in [0.4, 0.5) is 13.2 Å². The van der Waals surface area contributed by atoms with Crippen molar-refractivity contribution in [2.24, 2.45) is 5.92 Å². The van der Waals surface area contributed by atoms with Gasteiger partial charge in [-0.2, -0.15) is 18.2 Å². The van der Waals surface area contributed by atoms with E-state index in [-0.39, 0.29) is 31.6 Å². The van der Waals surface area contributed by atoms with Crippen LogP contribution in [0.2, 0.25) is 0 Å². The number of alkyl halides is 3. The second-order valence-corrected chi connectivity index (χ2v) is 6.91. The predicted octanol–water partition coefficient (Wildman–Crippen LogP) is 3.92. The first-order valence-electron chi connectivity index (χ1n) is 9.18. The fraction of sp³-hybridized carbons (Fsp3) is 0.526. The number of hydrogen-bond acceptors (Lipinski definition) is 5. The van der Waals surface area contributed by atoms with Gasteiger partial charge in [-0.05, 0) is 43.5 Å². The van der Waals surface area contributed by atoms with Crippen LogP contribution in [0.15, 0.2) is 28.8 Å². The Hall–Kier alpha value is -2.58. The molecule has 1 amide bonds. The van der Waals surface area contributed by atoms with Crippen LogP contribution in [0.5, 0.6) is 5.75 Å². The zero-order chi connectivity index (χ0) is 20.1. The van der Waals surface area contributed by atoms with Crippen molar-refractivity contribution >= 4 is 5.91 Å². The minimum Gasteiger partial charge on any atom is -0.497 e. The van der Waals surface area contributed by atoms with E-state index in [9.17, 15) is 18.0 Å². The highest BCUT2D eigenvalue weighted by molar-refractivity contribution is 5.76. The van der Waals surface area contributed by atoms with Crippen molar-refractivity contribution < 1.29 is 27.2 Å². The van der Waals surface area contributed by atoms with Gasteiger partial charge in [-0.3, -0.25) is 4.79 Å². The molecule has 0 bridgehead atoms. The van der Waals surface area contributed by atoms with Crippen molar-refractivity contribution in [3.05, 3.63) is 30.2 Å². The Labute approximate surface area is 160 Å². The number of amides is 1. The minimum absolute atomic E-state index is 0.0581. The number of nitrogens with zero attached hydrogens (tertiary/aromatic N) is 2. The van der Waals surface area contributed by atoms with E-state index >= 15 is 0 Å². The van der Waals surface area contributed by atoms with Crippen LogP contribution in [0.3, 0.4) is 0 Å². The lowest BCUT2D eigenvalue weighted by molar-refractivity contribution is -0.184. The molecule has 152 valence electrons. The number of methoxy groups -OCH3 is 1. The maximum atomic E-state index is 12.9. The lowest BCUT2D eigenvalue weighted by Gasteiger charge is -2.31. The standard InChI is InChI=1S/C19H22F3N3O3/c1-27-15-7-5-12(6-8-15)18-24-17(28-25-18)10-9-16(26)23-14-4-2-3-13(11-14)19(20,21)22/h5-8,13-14H,2-4,9-11H2,1H3,(H,23,26). The van der Waals surface area contributed by atoms with Crippen molar-refractivity contribution in [1.29, 1.82) is 0 Å². The maximum absolute atomic E-state index is 12.9. The van der Waals surface area contributed by atoms with Gasteiger partial charge in [0.25, 0.3) is 0 Å². The highest BCUT2D eigenvalue weighted by Gasteiger charge is 2.42. The van der Waals surface area contributed by atoms with Gasteiger partial charge in [-0.25, -0.2) is 0 Å². The molecule has 9 heteroatoms. The lowest BCUT2D eigenvalue weighted by Crippen LogP contribution is -2.41. The number of aryl methyl sites for hydroxylation is 1. The molecule has 1 fully saturated rings. The lowest BCUT2D eigenvalue weighted by atomic mass is 9.85. The molecule has 1 aliphatic rings. The van der Waals surface area contributed by atoms with E-state index in [4.69, 9.17) is 9.26 Å². The van der Waals surface area contributed by atoms with Crippen LogP contribution in [0.1, 0.15) is 38.0 Å². The Kier molecular flexibility index (Phi) is 6.21. The summed E-state index contributed by atoms with van der Waals surface area (Å²) < 4.78 is 48.8. The smallest absolute Gasteiger partial charge is 0.391 e. The summed E-state index contributed by atoms with van der Waals surface area (Å²) in [7, 11) is 1.57. The van der Waals surface area contributed by atoms with E-state index in [1.54, 1.807) is 31.4 Å². The molecule has 1 aliphatic carbocycles. The summed E-state index contributed by atoms with van der Waals surface area (Å²) in [6.07, 6.45) is -2.79. The molecule has 3 rings (SSSR count). The second-order valence-electron chi connectivity index (χ2n) is 6.91. The zero-order valence-electron chi connectivity index (χ0n) is 15.5. The zero-order valence-corrected chi connectivity index (χ0v) is 15.5. The van der Waals surface area contributed by atoms with E-state index in [1.165, 1.54) is 0 Å². The fourth-order valence-electron chi connectivity index (χ4n) is 3.35. The van der Waals surface area contributed by atoms with Crippen LogP contribution < -0.4 is 10.1 Å². The van der Waals surface area contributed by atoms with E-state index in [2.05, 4.69) is 15.5 Å². The first-order valence-corrected chi connectivity index (χ1v) is 9.18. The van der Waals surface area contributed by atoms with Crippen LogP contribution >= 0.6 is 0 Å². The first-order chi connectivity index (χ1) is 13.3. The molecule has 0 radical (unpaired) electrons. The third kappa shape index (κ3) is 5.24. The maximum Gasteiger partial charge on any atom is 0.391 e. The third-order valence-corrected chi connectivity index (χ3v) is 4.88. The number of rotatable bonds is 6. The van der Waals surface area contributed by atoms with Crippen LogP contribution in [0.25, 0.3) is 11.4 Å². The Morgan fingerprint density at radius 3 is 2.71 bits per heavy atom. The van der Waals surface area contributed by atoms with Crippen molar-refractivity contribution in [2.75, 3.05) is 7.11 Å². The van der Waals surface area contributed by atoms with Gasteiger partial charge < -0.3 is 14.6 Å². The van der Waals surface area contributed by atoms with Gasteiger partial charge in [-0.1, -0.05) is 11.6 Å². The van der Waals surface area contributed by atoms with Gasteiger partial charge in [0.1, 0.15) is 5.75 Å². The normalized spacial score (nSPS) is 20.0. The van der Waals surface area contributed by atoms with Crippen molar-refractivity contribution in [1.82, 2.24) is 15.5 Å². The van der Waals surface area contributed by atoms with Gasteiger partial charge in [-0.15, -0.1) is 0 Å². The molecule has 28 heavy (non-hydrogen) atoms. The average molecular weight is 397 g/mol. The van der Waals surface area contributed by atoms with E-state index in [1.807, 2.05) is 0 Å². The van der Waals surface area contributed by atoms with Crippen LogP contribution in [-0.4, -0.2) is 35.4 Å². The molecule has 1 N–H and O–H groups in total.